The van der Waals surface area contributed by atoms with Crippen molar-refractivity contribution in [2.75, 3.05) is 13.7 Å². The first-order valence-electron chi connectivity index (χ1n) is 5.55. The van der Waals surface area contributed by atoms with Crippen LogP contribution in [0.5, 0.6) is 0 Å². The third-order valence-corrected chi connectivity index (χ3v) is 2.78. The van der Waals surface area contributed by atoms with Gasteiger partial charge < -0.3 is 9.47 Å². The van der Waals surface area contributed by atoms with Gasteiger partial charge in [-0.3, -0.25) is 0 Å². The molecule has 0 aromatic carbocycles. The minimum Gasteiger partial charge on any atom is -0.498 e. The van der Waals surface area contributed by atoms with Gasteiger partial charge >= 0.3 is 5.97 Å². The molecule has 0 atom stereocenters. The van der Waals surface area contributed by atoms with Gasteiger partial charge in [-0.2, -0.15) is 0 Å². The number of rotatable bonds is 3. The highest BCUT2D eigenvalue weighted by Crippen LogP contribution is 2.40. The Kier molecular flexibility index (Phi) is 3.79. The molecule has 1 aliphatic rings. The smallest absolute Gasteiger partial charge is 0.334 e. The lowest BCUT2D eigenvalue weighted by Gasteiger charge is -2.32. The summed E-state index contributed by atoms with van der Waals surface area (Å²) < 4.78 is 10.3. The third-order valence-electron chi connectivity index (χ3n) is 2.78. The van der Waals surface area contributed by atoms with Crippen molar-refractivity contribution >= 4 is 5.97 Å². The Bertz CT molecular complexity index is 348. The molecule has 1 aliphatic carbocycles. The van der Waals surface area contributed by atoms with Crippen molar-refractivity contribution in [1.29, 1.82) is 0 Å². The van der Waals surface area contributed by atoms with Gasteiger partial charge in [0.15, 0.2) is 0 Å². The summed E-state index contributed by atoms with van der Waals surface area (Å²) in [6.07, 6.45) is 2.67. The van der Waals surface area contributed by atoms with E-state index in [2.05, 4.69) is 0 Å². The van der Waals surface area contributed by atoms with Crippen LogP contribution in [0.4, 0.5) is 0 Å². The Morgan fingerprint density at radius 2 is 2.12 bits per heavy atom. The second kappa shape index (κ2) is 4.73. The number of carbonyl (C=O) groups excluding carboxylic acids is 1. The number of carbonyl (C=O) groups is 1. The van der Waals surface area contributed by atoms with Crippen molar-refractivity contribution in [1.82, 2.24) is 0 Å². The van der Waals surface area contributed by atoms with E-state index in [9.17, 15) is 4.79 Å². The molecule has 0 N–H and O–H groups in total. The van der Waals surface area contributed by atoms with Crippen molar-refractivity contribution in [3.63, 3.8) is 0 Å². The molecule has 0 fully saturated rings. The standard InChI is InChI=1S/C13H20O3/c1-6-16-10-7-9(2)11(12(14)15-5)13(3,4)8-10/h7H,6,8H2,1-5H3. The van der Waals surface area contributed by atoms with Crippen LogP contribution in [0, 0.1) is 5.41 Å². The first-order valence-corrected chi connectivity index (χ1v) is 5.55. The number of hydrogen-bond donors (Lipinski definition) is 0. The maximum Gasteiger partial charge on any atom is 0.334 e. The molecule has 0 bridgehead atoms. The molecular formula is C13H20O3. The fraction of sp³-hybridized carbons (Fsp3) is 0.615. The van der Waals surface area contributed by atoms with Crippen molar-refractivity contribution in [3.8, 4) is 0 Å². The molecule has 0 heterocycles. The van der Waals surface area contributed by atoms with E-state index in [-0.39, 0.29) is 11.4 Å². The Morgan fingerprint density at radius 3 is 2.56 bits per heavy atom. The van der Waals surface area contributed by atoms with Gasteiger partial charge in [-0.15, -0.1) is 0 Å². The molecule has 3 heteroatoms. The molecule has 0 unspecified atom stereocenters. The van der Waals surface area contributed by atoms with Crippen molar-refractivity contribution in [2.24, 2.45) is 5.41 Å². The molecule has 0 amide bonds. The predicted octanol–water partition coefficient (Wildman–Crippen LogP) is 2.83. The fourth-order valence-electron chi connectivity index (χ4n) is 2.24. The van der Waals surface area contributed by atoms with Crippen LogP contribution in [0.2, 0.25) is 0 Å². The van der Waals surface area contributed by atoms with Crippen LogP contribution in [-0.2, 0) is 14.3 Å². The summed E-state index contributed by atoms with van der Waals surface area (Å²) in [5.41, 5.74) is 1.46. The van der Waals surface area contributed by atoms with Gasteiger partial charge in [-0.05, 0) is 25.5 Å². The number of ether oxygens (including phenoxy) is 2. The largest absolute Gasteiger partial charge is 0.498 e. The van der Waals surface area contributed by atoms with Gasteiger partial charge in [0, 0.05) is 17.4 Å². The number of allylic oxidation sites excluding steroid dienone is 3. The van der Waals surface area contributed by atoms with Crippen LogP contribution in [0.15, 0.2) is 23.0 Å². The second-order valence-electron chi connectivity index (χ2n) is 4.65. The lowest BCUT2D eigenvalue weighted by atomic mass is 9.75. The zero-order chi connectivity index (χ0) is 12.3. The highest BCUT2D eigenvalue weighted by molar-refractivity contribution is 5.91. The van der Waals surface area contributed by atoms with E-state index in [0.717, 1.165) is 23.3 Å². The highest BCUT2D eigenvalue weighted by Gasteiger charge is 2.35. The summed E-state index contributed by atoms with van der Waals surface area (Å²) >= 11 is 0. The fourth-order valence-corrected chi connectivity index (χ4v) is 2.24. The zero-order valence-electron chi connectivity index (χ0n) is 10.7. The quantitative estimate of drug-likeness (QED) is 0.691. The van der Waals surface area contributed by atoms with Gasteiger partial charge in [0.25, 0.3) is 0 Å². The Hall–Kier alpha value is -1.25. The topological polar surface area (TPSA) is 35.5 Å². The van der Waals surface area contributed by atoms with Crippen molar-refractivity contribution in [2.45, 2.75) is 34.1 Å². The van der Waals surface area contributed by atoms with E-state index in [1.807, 2.05) is 33.8 Å². The monoisotopic (exact) mass is 224 g/mol. The summed E-state index contributed by atoms with van der Waals surface area (Å²) in [4.78, 5) is 11.7. The average Bonchev–Trinajstić information content (AvgIpc) is 2.15. The van der Waals surface area contributed by atoms with Crippen LogP contribution in [0.1, 0.15) is 34.1 Å². The highest BCUT2D eigenvalue weighted by atomic mass is 16.5. The molecule has 0 spiro atoms. The zero-order valence-corrected chi connectivity index (χ0v) is 10.7. The molecule has 16 heavy (non-hydrogen) atoms. The van der Waals surface area contributed by atoms with Crippen LogP contribution in [0.25, 0.3) is 0 Å². The summed E-state index contributed by atoms with van der Waals surface area (Å²) in [7, 11) is 1.42. The molecule has 3 nitrogen and oxygen atoms in total. The lowest BCUT2D eigenvalue weighted by Crippen LogP contribution is -2.27. The van der Waals surface area contributed by atoms with Gasteiger partial charge in [-0.1, -0.05) is 13.8 Å². The molecule has 0 saturated carbocycles. The Balaban J connectivity index is 3.11. The Morgan fingerprint density at radius 1 is 1.50 bits per heavy atom. The third kappa shape index (κ3) is 2.46. The van der Waals surface area contributed by atoms with E-state index in [1.165, 1.54) is 7.11 Å². The van der Waals surface area contributed by atoms with Crippen molar-refractivity contribution < 1.29 is 14.3 Å². The molecule has 0 aromatic rings. The normalized spacial score (nSPS) is 19.2. The molecule has 0 aromatic heterocycles. The predicted molar refractivity (Wildman–Crippen MR) is 62.8 cm³/mol. The SMILES string of the molecule is CCOC1=CC(C)=C(C(=O)OC)C(C)(C)C1. The molecule has 0 saturated heterocycles. The second-order valence-corrected chi connectivity index (χ2v) is 4.65. The molecule has 90 valence electrons. The Labute approximate surface area is 97.1 Å². The minimum absolute atomic E-state index is 0.226. The first kappa shape index (κ1) is 12.8. The van der Waals surface area contributed by atoms with E-state index >= 15 is 0 Å². The van der Waals surface area contributed by atoms with E-state index in [4.69, 9.17) is 9.47 Å². The maximum atomic E-state index is 11.7. The van der Waals surface area contributed by atoms with E-state index in [1.54, 1.807) is 0 Å². The summed E-state index contributed by atoms with van der Waals surface area (Å²) in [6.45, 7) is 8.61. The summed E-state index contributed by atoms with van der Waals surface area (Å²) in [6, 6.07) is 0. The van der Waals surface area contributed by atoms with Gasteiger partial charge in [0.2, 0.25) is 0 Å². The number of methoxy groups -OCH3 is 1. The van der Waals surface area contributed by atoms with Crippen LogP contribution >= 0.6 is 0 Å². The van der Waals surface area contributed by atoms with Gasteiger partial charge in [0.05, 0.1) is 19.5 Å². The molecule has 0 aliphatic heterocycles. The van der Waals surface area contributed by atoms with E-state index < -0.39 is 0 Å². The number of esters is 1. The number of hydrogen-bond acceptors (Lipinski definition) is 3. The van der Waals surface area contributed by atoms with E-state index in [0.29, 0.717) is 6.61 Å². The average molecular weight is 224 g/mol. The maximum absolute atomic E-state index is 11.7. The molecule has 1 rings (SSSR count). The molecule has 0 radical (unpaired) electrons. The molecular weight excluding hydrogens is 204 g/mol. The van der Waals surface area contributed by atoms with Crippen LogP contribution in [-0.4, -0.2) is 19.7 Å². The van der Waals surface area contributed by atoms with Crippen molar-refractivity contribution in [3.05, 3.63) is 23.0 Å². The van der Waals surface area contributed by atoms with Gasteiger partial charge in [-0.25, -0.2) is 4.79 Å². The van der Waals surface area contributed by atoms with Crippen LogP contribution in [0.3, 0.4) is 0 Å². The summed E-state index contributed by atoms with van der Waals surface area (Å²) in [5, 5.41) is 0. The van der Waals surface area contributed by atoms with Crippen LogP contribution < -0.4 is 0 Å². The summed E-state index contributed by atoms with van der Waals surface area (Å²) in [5.74, 6) is 0.701. The first-order chi connectivity index (χ1) is 7.42. The lowest BCUT2D eigenvalue weighted by molar-refractivity contribution is -0.137. The van der Waals surface area contributed by atoms with Gasteiger partial charge in [0.1, 0.15) is 0 Å². The minimum atomic E-state index is -0.241.